The van der Waals surface area contributed by atoms with E-state index in [0.717, 1.165) is 36.6 Å². The lowest BCUT2D eigenvalue weighted by atomic mass is 9.95. The predicted molar refractivity (Wildman–Crippen MR) is 68.9 cm³/mol. The van der Waals surface area contributed by atoms with Crippen LogP contribution in [-0.4, -0.2) is 25.1 Å². The Morgan fingerprint density at radius 1 is 1.44 bits per heavy atom. The lowest BCUT2D eigenvalue weighted by molar-refractivity contribution is 0.422. The number of aromatic nitrogens is 1. The molecule has 1 aliphatic heterocycles. The molecule has 1 saturated heterocycles. The van der Waals surface area contributed by atoms with Crippen molar-refractivity contribution in [1.82, 2.24) is 4.98 Å². The maximum Gasteiger partial charge on any atom is 0.130 e. The number of nitrogens with zero attached hydrogens (tertiary/aromatic N) is 2. The van der Waals surface area contributed by atoms with Crippen molar-refractivity contribution < 1.29 is 0 Å². The molecule has 0 spiro atoms. The fraction of sp³-hybridized carbons (Fsp3) is 0.615. The number of rotatable bonds is 3. The fourth-order valence-corrected chi connectivity index (χ4v) is 2.28. The van der Waals surface area contributed by atoms with Crippen molar-refractivity contribution >= 4 is 11.6 Å². The second kappa shape index (κ2) is 4.73. The summed E-state index contributed by atoms with van der Waals surface area (Å²) in [4.78, 5) is 6.98. The summed E-state index contributed by atoms with van der Waals surface area (Å²) in [5.74, 6) is 3.65. The third kappa shape index (κ3) is 2.29. The van der Waals surface area contributed by atoms with Crippen molar-refractivity contribution in [3.63, 3.8) is 0 Å². The molecule has 0 aromatic carbocycles. The standard InChI is InChI=1S/C13H21N3/c1-10(2)11-7-8-16(9-11)13-6-4-5-12(14-3)15-13/h4-6,10-11H,7-9H2,1-3H3,(H,14,15). The minimum absolute atomic E-state index is 0.775. The van der Waals surface area contributed by atoms with Gasteiger partial charge in [0.05, 0.1) is 0 Å². The number of nitrogens with one attached hydrogen (secondary N) is 1. The topological polar surface area (TPSA) is 28.2 Å². The average molecular weight is 219 g/mol. The molecule has 1 fully saturated rings. The summed E-state index contributed by atoms with van der Waals surface area (Å²) >= 11 is 0. The Balaban J connectivity index is 2.08. The van der Waals surface area contributed by atoms with Gasteiger partial charge in [-0.2, -0.15) is 0 Å². The largest absolute Gasteiger partial charge is 0.373 e. The molecule has 1 aliphatic rings. The summed E-state index contributed by atoms with van der Waals surface area (Å²) < 4.78 is 0. The molecule has 3 nitrogen and oxygen atoms in total. The molecule has 0 radical (unpaired) electrons. The van der Waals surface area contributed by atoms with E-state index in [4.69, 9.17) is 0 Å². The van der Waals surface area contributed by atoms with Gasteiger partial charge in [-0.05, 0) is 30.4 Å². The second-order valence-corrected chi connectivity index (χ2v) is 4.87. The van der Waals surface area contributed by atoms with Crippen molar-refractivity contribution in [2.75, 3.05) is 30.4 Å². The summed E-state index contributed by atoms with van der Waals surface area (Å²) in [6.45, 7) is 6.91. The molecular weight excluding hydrogens is 198 g/mol. The van der Waals surface area contributed by atoms with Gasteiger partial charge in [0.25, 0.3) is 0 Å². The minimum atomic E-state index is 0.775. The first kappa shape index (κ1) is 11.2. The van der Waals surface area contributed by atoms with E-state index in [2.05, 4.69) is 41.2 Å². The van der Waals surface area contributed by atoms with Crippen LogP contribution in [0, 0.1) is 11.8 Å². The fourth-order valence-electron chi connectivity index (χ4n) is 2.28. The van der Waals surface area contributed by atoms with Gasteiger partial charge in [-0.1, -0.05) is 19.9 Å². The molecule has 0 aliphatic carbocycles. The lowest BCUT2D eigenvalue weighted by Crippen LogP contribution is -2.22. The Morgan fingerprint density at radius 2 is 2.25 bits per heavy atom. The normalized spacial score (nSPS) is 20.5. The van der Waals surface area contributed by atoms with E-state index in [0.29, 0.717) is 0 Å². The van der Waals surface area contributed by atoms with E-state index in [1.54, 1.807) is 0 Å². The van der Waals surface area contributed by atoms with Crippen LogP contribution in [-0.2, 0) is 0 Å². The molecule has 0 saturated carbocycles. The minimum Gasteiger partial charge on any atom is -0.373 e. The highest BCUT2D eigenvalue weighted by Gasteiger charge is 2.25. The van der Waals surface area contributed by atoms with E-state index in [1.165, 1.54) is 6.42 Å². The molecule has 0 amide bonds. The van der Waals surface area contributed by atoms with Crippen molar-refractivity contribution in [1.29, 1.82) is 0 Å². The van der Waals surface area contributed by atoms with Gasteiger partial charge in [0.1, 0.15) is 11.6 Å². The van der Waals surface area contributed by atoms with Gasteiger partial charge in [0.2, 0.25) is 0 Å². The van der Waals surface area contributed by atoms with Gasteiger partial charge in [-0.15, -0.1) is 0 Å². The molecule has 16 heavy (non-hydrogen) atoms. The summed E-state index contributed by atoms with van der Waals surface area (Å²) in [6, 6.07) is 6.17. The first-order valence-electron chi connectivity index (χ1n) is 6.10. The Morgan fingerprint density at radius 3 is 2.88 bits per heavy atom. The van der Waals surface area contributed by atoms with E-state index < -0.39 is 0 Å². The van der Waals surface area contributed by atoms with Crippen LogP contribution < -0.4 is 10.2 Å². The summed E-state index contributed by atoms with van der Waals surface area (Å²) in [6.07, 6.45) is 1.29. The van der Waals surface area contributed by atoms with Gasteiger partial charge in [-0.3, -0.25) is 0 Å². The predicted octanol–water partition coefficient (Wildman–Crippen LogP) is 2.61. The highest BCUT2D eigenvalue weighted by Crippen LogP contribution is 2.27. The van der Waals surface area contributed by atoms with E-state index in [-0.39, 0.29) is 0 Å². The second-order valence-electron chi connectivity index (χ2n) is 4.87. The molecule has 1 N–H and O–H groups in total. The smallest absolute Gasteiger partial charge is 0.130 e. The average Bonchev–Trinajstić information content (AvgIpc) is 2.78. The van der Waals surface area contributed by atoms with Gasteiger partial charge < -0.3 is 10.2 Å². The lowest BCUT2D eigenvalue weighted by Gasteiger charge is -2.19. The number of pyridine rings is 1. The van der Waals surface area contributed by atoms with Crippen LogP contribution in [0.3, 0.4) is 0 Å². The van der Waals surface area contributed by atoms with E-state index in [9.17, 15) is 0 Å². The van der Waals surface area contributed by atoms with Crippen molar-refractivity contribution in [2.45, 2.75) is 20.3 Å². The third-order valence-electron chi connectivity index (χ3n) is 3.48. The molecule has 1 atom stereocenters. The zero-order chi connectivity index (χ0) is 11.5. The van der Waals surface area contributed by atoms with Crippen LogP contribution in [0.15, 0.2) is 18.2 Å². The summed E-state index contributed by atoms with van der Waals surface area (Å²) in [5, 5.41) is 3.09. The van der Waals surface area contributed by atoms with Gasteiger partial charge >= 0.3 is 0 Å². The molecule has 2 heterocycles. The molecule has 1 unspecified atom stereocenters. The Bertz CT molecular complexity index is 349. The molecular formula is C13H21N3. The molecule has 1 aromatic rings. The molecule has 1 aromatic heterocycles. The summed E-state index contributed by atoms with van der Waals surface area (Å²) in [5.41, 5.74) is 0. The van der Waals surface area contributed by atoms with Crippen LogP contribution in [0.5, 0.6) is 0 Å². The number of hydrogen-bond donors (Lipinski definition) is 1. The SMILES string of the molecule is CNc1cccc(N2CCC(C(C)C)C2)n1. The van der Waals surface area contributed by atoms with Crippen LogP contribution >= 0.6 is 0 Å². The molecule has 88 valence electrons. The number of anilines is 2. The van der Waals surface area contributed by atoms with Crippen molar-refractivity contribution in [3.05, 3.63) is 18.2 Å². The van der Waals surface area contributed by atoms with Gasteiger partial charge in [-0.25, -0.2) is 4.98 Å². The monoisotopic (exact) mass is 219 g/mol. The van der Waals surface area contributed by atoms with Crippen LogP contribution in [0.25, 0.3) is 0 Å². The van der Waals surface area contributed by atoms with Crippen LogP contribution in [0.4, 0.5) is 11.6 Å². The Labute approximate surface area is 97.9 Å². The van der Waals surface area contributed by atoms with E-state index >= 15 is 0 Å². The van der Waals surface area contributed by atoms with Gasteiger partial charge in [0, 0.05) is 20.1 Å². The maximum absolute atomic E-state index is 4.58. The zero-order valence-corrected chi connectivity index (χ0v) is 10.4. The van der Waals surface area contributed by atoms with Crippen LogP contribution in [0.1, 0.15) is 20.3 Å². The molecule has 2 rings (SSSR count). The van der Waals surface area contributed by atoms with E-state index in [1.807, 2.05) is 13.1 Å². The Kier molecular flexibility index (Phi) is 3.32. The number of hydrogen-bond acceptors (Lipinski definition) is 3. The molecule has 3 heteroatoms. The first-order valence-corrected chi connectivity index (χ1v) is 6.10. The quantitative estimate of drug-likeness (QED) is 0.847. The maximum atomic E-state index is 4.58. The van der Waals surface area contributed by atoms with Crippen molar-refractivity contribution in [3.8, 4) is 0 Å². The highest BCUT2D eigenvalue weighted by molar-refractivity contribution is 5.47. The Hall–Kier alpha value is -1.25. The first-order chi connectivity index (χ1) is 7.70. The van der Waals surface area contributed by atoms with Crippen molar-refractivity contribution in [2.24, 2.45) is 11.8 Å². The third-order valence-corrected chi connectivity index (χ3v) is 3.48. The zero-order valence-electron chi connectivity index (χ0n) is 10.4. The van der Waals surface area contributed by atoms with Gasteiger partial charge in [0.15, 0.2) is 0 Å². The highest BCUT2D eigenvalue weighted by atomic mass is 15.2. The summed E-state index contributed by atoms with van der Waals surface area (Å²) in [7, 11) is 1.91. The van der Waals surface area contributed by atoms with Crippen LogP contribution in [0.2, 0.25) is 0 Å². The molecule has 0 bridgehead atoms.